The monoisotopic (exact) mass is 283 g/mol. The summed E-state index contributed by atoms with van der Waals surface area (Å²) in [6, 6.07) is 0. The predicted molar refractivity (Wildman–Crippen MR) is 68.2 cm³/mol. The summed E-state index contributed by atoms with van der Waals surface area (Å²) in [5, 5.41) is 8.14. The van der Waals surface area contributed by atoms with E-state index >= 15 is 0 Å². The number of unbranched alkanes of at least 4 members (excludes halogenated alkanes) is 1. The first-order valence-electron chi connectivity index (χ1n) is 5.50. The van der Waals surface area contributed by atoms with Crippen molar-refractivity contribution >= 4 is 34.8 Å². The second kappa shape index (κ2) is 6.08. The van der Waals surface area contributed by atoms with Crippen molar-refractivity contribution in [2.75, 3.05) is 0 Å². The molecule has 1 aromatic heterocycles. The highest BCUT2D eigenvalue weighted by atomic mass is 35.6. The second-order valence-corrected chi connectivity index (χ2v) is 5.99. The Morgan fingerprint density at radius 2 is 1.88 bits per heavy atom. The van der Waals surface area contributed by atoms with E-state index in [1.54, 1.807) is 4.68 Å². The SMILES string of the molecule is CCCCn1nnc(CCC)c1C(Cl)(Cl)Cl. The Bertz CT molecular complexity index is 331. The number of aryl methyl sites for hydroxylation is 2. The summed E-state index contributed by atoms with van der Waals surface area (Å²) in [6.07, 6.45) is 3.82. The fourth-order valence-electron chi connectivity index (χ4n) is 1.53. The molecule has 92 valence electrons. The molecule has 0 saturated heterocycles. The highest BCUT2D eigenvalue weighted by molar-refractivity contribution is 6.66. The quantitative estimate of drug-likeness (QED) is 0.769. The van der Waals surface area contributed by atoms with Gasteiger partial charge in [0, 0.05) is 6.54 Å². The van der Waals surface area contributed by atoms with Crippen LogP contribution in [0.1, 0.15) is 44.5 Å². The topological polar surface area (TPSA) is 30.7 Å². The first-order chi connectivity index (χ1) is 7.50. The molecular weight excluding hydrogens is 268 g/mol. The van der Waals surface area contributed by atoms with Crippen LogP contribution in [-0.4, -0.2) is 15.0 Å². The molecule has 0 unspecified atom stereocenters. The minimum atomic E-state index is -1.44. The molecule has 0 fully saturated rings. The van der Waals surface area contributed by atoms with Crippen molar-refractivity contribution in [2.45, 2.75) is 49.9 Å². The van der Waals surface area contributed by atoms with Gasteiger partial charge in [0.05, 0.1) is 5.69 Å². The van der Waals surface area contributed by atoms with E-state index in [1.165, 1.54) is 0 Å². The number of halogens is 3. The van der Waals surface area contributed by atoms with E-state index in [9.17, 15) is 0 Å². The van der Waals surface area contributed by atoms with Gasteiger partial charge in [0.1, 0.15) is 5.69 Å². The van der Waals surface area contributed by atoms with Crippen LogP contribution in [-0.2, 0) is 16.8 Å². The molecular formula is C10H16Cl3N3. The van der Waals surface area contributed by atoms with Gasteiger partial charge in [0.2, 0.25) is 3.79 Å². The minimum absolute atomic E-state index is 0.618. The lowest BCUT2D eigenvalue weighted by atomic mass is 10.2. The van der Waals surface area contributed by atoms with Crippen molar-refractivity contribution in [3.8, 4) is 0 Å². The van der Waals surface area contributed by atoms with E-state index in [0.717, 1.165) is 37.9 Å². The summed E-state index contributed by atoms with van der Waals surface area (Å²) in [5.74, 6) is 0. The van der Waals surface area contributed by atoms with Crippen LogP contribution in [0.25, 0.3) is 0 Å². The Labute approximate surface area is 111 Å². The maximum atomic E-state index is 5.95. The third kappa shape index (κ3) is 3.51. The maximum absolute atomic E-state index is 5.95. The minimum Gasteiger partial charge on any atom is -0.245 e. The molecule has 1 heterocycles. The third-order valence-corrected chi connectivity index (χ3v) is 2.82. The van der Waals surface area contributed by atoms with Crippen LogP contribution >= 0.6 is 34.8 Å². The molecule has 0 spiro atoms. The Balaban J connectivity index is 2.99. The van der Waals surface area contributed by atoms with E-state index in [4.69, 9.17) is 34.8 Å². The molecule has 0 amide bonds. The number of nitrogens with zero attached hydrogens (tertiary/aromatic N) is 3. The zero-order valence-corrected chi connectivity index (χ0v) is 11.8. The molecule has 3 nitrogen and oxygen atoms in total. The van der Waals surface area contributed by atoms with Gasteiger partial charge in [-0.05, 0) is 12.8 Å². The summed E-state index contributed by atoms with van der Waals surface area (Å²) < 4.78 is 0.267. The van der Waals surface area contributed by atoms with E-state index < -0.39 is 3.79 Å². The smallest absolute Gasteiger partial charge is 0.234 e. The molecule has 0 N–H and O–H groups in total. The molecule has 0 aromatic carbocycles. The standard InChI is InChI=1S/C10H16Cl3N3/c1-3-5-7-16-9(10(11,12)13)8(6-4-2)14-15-16/h3-7H2,1-2H3. The highest BCUT2D eigenvalue weighted by Crippen LogP contribution is 2.39. The first-order valence-corrected chi connectivity index (χ1v) is 6.63. The van der Waals surface area contributed by atoms with Gasteiger partial charge in [0.15, 0.2) is 0 Å². The summed E-state index contributed by atoms with van der Waals surface area (Å²) in [6.45, 7) is 4.92. The Kier molecular flexibility index (Phi) is 5.35. The maximum Gasteiger partial charge on any atom is 0.234 e. The van der Waals surface area contributed by atoms with Crippen LogP contribution in [0.4, 0.5) is 0 Å². The average molecular weight is 285 g/mol. The second-order valence-electron chi connectivity index (χ2n) is 3.71. The molecule has 0 aliphatic carbocycles. The lowest BCUT2D eigenvalue weighted by molar-refractivity contribution is 0.535. The van der Waals surface area contributed by atoms with Gasteiger partial charge < -0.3 is 0 Å². The first kappa shape index (κ1) is 14.1. The van der Waals surface area contributed by atoms with Crippen molar-refractivity contribution in [2.24, 2.45) is 0 Å². The molecule has 0 aliphatic rings. The van der Waals surface area contributed by atoms with E-state index in [-0.39, 0.29) is 0 Å². The number of hydrogen-bond donors (Lipinski definition) is 0. The fourth-order valence-corrected chi connectivity index (χ4v) is 2.15. The van der Waals surface area contributed by atoms with Gasteiger partial charge in [-0.2, -0.15) is 0 Å². The zero-order valence-electron chi connectivity index (χ0n) is 9.51. The molecule has 0 radical (unpaired) electrons. The van der Waals surface area contributed by atoms with Crippen LogP contribution < -0.4 is 0 Å². The van der Waals surface area contributed by atoms with Crippen molar-refractivity contribution in [3.05, 3.63) is 11.4 Å². The lowest BCUT2D eigenvalue weighted by Gasteiger charge is -2.14. The van der Waals surface area contributed by atoms with Gasteiger partial charge in [-0.25, -0.2) is 4.68 Å². The van der Waals surface area contributed by atoms with Crippen molar-refractivity contribution in [3.63, 3.8) is 0 Å². The molecule has 0 aliphatic heterocycles. The van der Waals surface area contributed by atoms with E-state index in [2.05, 4.69) is 24.2 Å². The molecule has 0 atom stereocenters. The summed E-state index contributed by atoms with van der Waals surface area (Å²) in [4.78, 5) is 0. The van der Waals surface area contributed by atoms with E-state index in [0.29, 0.717) is 5.69 Å². The highest BCUT2D eigenvalue weighted by Gasteiger charge is 2.31. The normalized spacial score (nSPS) is 12.1. The van der Waals surface area contributed by atoms with E-state index in [1.807, 2.05) is 0 Å². The van der Waals surface area contributed by atoms with Crippen LogP contribution in [0.2, 0.25) is 0 Å². The van der Waals surface area contributed by atoms with Gasteiger partial charge in [-0.3, -0.25) is 0 Å². The molecule has 0 bridgehead atoms. The Hall–Kier alpha value is 0.01000. The number of aromatic nitrogens is 3. The summed E-state index contributed by atoms with van der Waals surface area (Å²) in [7, 11) is 0. The van der Waals surface area contributed by atoms with Gasteiger partial charge in [-0.1, -0.05) is 66.7 Å². The van der Waals surface area contributed by atoms with Crippen LogP contribution in [0.15, 0.2) is 0 Å². The van der Waals surface area contributed by atoms with Gasteiger partial charge in [-0.15, -0.1) is 5.10 Å². The molecule has 16 heavy (non-hydrogen) atoms. The van der Waals surface area contributed by atoms with Crippen LogP contribution in [0.3, 0.4) is 0 Å². The summed E-state index contributed by atoms with van der Waals surface area (Å²) in [5.41, 5.74) is 1.41. The molecule has 6 heteroatoms. The Morgan fingerprint density at radius 3 is 2.38 bits per heavy atom. The number of rotatable bonds is 5. The van der Waals surface area contributed by atoms with Gasteiger partial charge >= 0.3 is 0 Å². The predicted octanol–water partition coefficient (Wildman–Crippen LogP) is 3.86. The zero-order chi connectivity index (χ0) is 12.2. The number of hydrogen-bond acceptors (Lipinski definition) is 2. The lowest BCUT2D eigenvalue weighted by Crippen LogP contribution is -2.14. The van der Waals surface area contributed by atoms with Crippen molar-refractivity contribution in [1.29, 1.82) is 0 Å². The molecule has 1 rings (SSSR count). The summed E-state index contributed by atoms with van der Waals surface area (Å²) >= 11 is 17.9. The molecule has 0 saturated carbocycles. The van der Waals surface area contributed by atoms with Crippen molar-refractivity contribution in [1.82, 2.24) is 15.0 Å². The average Bonchev–Trinajstić information content (AvgIpc) is 2.58. The Morgan fingerprint density at radius 1 is 1.19 bits per heavy atom. The third-order valence-electron chi connectivity index (χ3n) is 2.28. The fraction of sp³-hybridized carbons (Fsp3) is 0.800. The van der Waals surface area contributed by atoms with Gasteiger partial charge in [0.25, 0.3) is 0 Å². The largest absolute Gasteiger partial charge is 0.245 e. The van der Waals surface area contributed by atoms with Crippen LogP contribution in [0.5, 0.6) is 0 Å². The van der Waals surface area contributed by atoms with Crippen LogP contribution in [0, 0.1) is 0 Å². The number of alkyl halides is 3. The molecule has 1 aromatic rings. The van der Waals surface area contributed by atoms with Crippen molar-refractivity contribution < 1.29 is 0 Å².